The Kier molecular flexibility index (Phi) is 4.11. The molecule has 0 aliphatic carbocycles. The topological polar surface area (TPSA) is 42.0 Å². The number of benzene rings is 1. The SMILES string of the molecule is CC(C(=O)Nc1ncc(C(F)(F)F)s1)c1cc2ccccc2s1. The molecule has 1 aromatic carbocycles. The molecule has 8 heteroatoms. The minimum absolute atomic E-state index is 0.0460. The maximum atomic E-state index is 12.5. The molecule has 0 saturated carbocycles. The van der Waals surface area contributed by atoms with Crippen molar-refractivity contribution in [3.8, 4) is 0 Å². The van der Waals surface area contributed by atoms with Crippen LogP contribution in [0.25, 0.3) is 10.1 Å². The lowest BCUT2D eigenvalue weighted by molar-refractivity contribution is -0.134. The summed E-state index contributed by atoms with van der Waals surface area (Å²) < 4.78 is 38.7. The Bertz CT molecular complexity index is 821. The third-order valence-electron chi connectivity index (χ3n) is 3.28. The van der Waals surface area contributed by atoms with Crippen LogP contribution in [-0.4, -0.2) is 10.9 Å². The fourth-order valence-electron chi connectivity index (χ4n) is 2.02. The molecule has 120 valence electrons. The molecule has 0 saturated heterocycles. The highest BCUT2D eigenvalue weighted by atomic mass is 32.1. The third-order valence-corrected chi connectivity index (χ3v) is 5.54. The Hall–Kier alpha value is -1.93. The second-order valence-corrected chi connectivity index (χ2v) is 7.07. The van der Waals surface area contributed by atoms with Crippen LogP contribution in [0.3, 0.4) is 0 Å². The lowest BCUT2D eigenvalue weighted by Crippen LogP contribution is -2.17. The number of nitrogens with zero attached hydrogens (tertiary/aromatic N) is 1. The van der Waals surface area contributed by atoms with E-state index in [0.717, 1.165) is 21.2 Å². The van der Waals surface area contributed by atoms with E-state index in [2.05, 4.69) is 10.3 Å². The first-order valence-electron chi connectivity index (χ1n) is 6.67. The van der Waals surface area contributed by atoms with Crippen molar-refractivity contribution >= 4 is 43.8 Å². The molecule has 1 N–H and O–H groups in total. The van der Waals surface area contributed by atoms with Crippen LogP contribution in [0.2, 0.25) is 0 Å². The maximum absolute atomic E-state index is 12.5. The molecule has 3 nitrogen and oxygen atoms in total. The van der Waals surface area contributed by atoms with Gasteiger partial charge < -0.3 is 5.32 Å². The number of halogens is 3. The van der Waals surface area contributed by atoms with Gasteiger partial charge in [-0.1, -0.05) is 29.5 Å². The van der Waals surface area contributed by atoms with E-state index >= 15 is 0 Å². The van der Waals surface area contributed by atoms with E-state index in [0.29, 0.717) is 11.3 Å². The smallest absolute Gasteiger partial charge is 0.301 e. The van der Waals surface area contributed by atoms with Crippen LogP contribution < -0.4 is 5.32 Å². The minimum Gasteiger partial charge on any atom is -0.301 e. The summed E-state index contributed by atoms with van der Waals surface area (Å²) in [5.41, 5.74) is 0. The Morgan fingerprint density at radius 1 is 1.26 bits per heavy atom. The number of rotatable bonds is 3. The number of hydrogen-bond acceptors (Lipinski definition) is 4. The predicted octanol–water partition coefficient (Wildman–Crippen LogP) is 5.12. The number of carbonyl (C=O) groups is 1. The predicted molar refractivity (Wildman–Crippen MR) is 86.0 cm³/mol. The van der Waals surface area contributed by atoms with Gasteiger partial charge in [0.25, 0.3) is 0 Å². The molecule has 0 aliphatic rings. The van der Waals surface area contributed by atoms with Crippen LogP contribution in [0.4, 0.5) is 18.3 Å². The molecule has 3 aromatic rings. The van der Waals surface area contributed by atoms with Crippen LogP contribution >= 0.6 is 22.7 Å². The van der Waals surface area contributed by atoms with Crippen molar-refractivity contribution in [1.29, 1.82) is 0 Å². The zero-order chi connectivity index (χ0) is 16.6. The number of thiophene rings is 1. The normalized spacial score (nSPS) is 13.2. The van der Waals surface area contributed by atoms with Gasteiger partial charge in [0, 0.05) is 9.58 Å². The third kappa shape index (κ3) is 3.37. The first kappa shape index (κ1) is 15.9. The molecule has 1 atom stereocenters. The Morgan fingerprint density at radius 2 is 2.00 bits per heavy atom. The van der Waals surface area contributed by atoms with Gasteiger partial charge in [0.2, 0.25) is 5.91 Å². The highest BCUT2D eigenvalue weighted by Crippen LogP contribution is 2.36. The second-order valence-electron chi connectivity index (χ2n) is 4.92. The largest absolute Gasteiger partial charge is 0.427 e. The molecular formula is C15H11F3N2OS2. The number of anilines is 1. The van der Waals surface area contributed by atoms with Gasteiger partial charge in [-0.3, -0.25) is 4.79 Å². The Morgan fingerprint density at radius 3 is 2.65 bits per heavy atom. The summed E-state index contributed by atoms with van der Waals surface area (Å²) in [6, 6.07) is 9.67. The lowest BCUT2D eigenvalue weighted by Gasteiger charge is -2.08. The van der Waals surface area contributed by atoms with E-state index in [4.69, 9.17) is 0 Å². The van der Waals surface area contributed by atoms with Crippen LogP contribution in [0, 0.1) is 0 Å². The van der Waals surface area contributed by atoms with Gasteiger partial charge in [0.05, 0.1) is 12.1 Å². The average Bonchev–Trinajstić information content (AvgIpc) is 3.11. The van der Waals surface area contributed by atoms with Crippen LogP contribution in [-0.2, 0) is 11.0 Å². The fraction of sp³-hybridized carbons (Fsp3) is 0.200. The number of nitrogens with one attached hydrogen (secondary N) is 1. The van der Waals surface area contributed by atoms with E-state index < -0.39 is 17.0 Å². The molecule has 0 radical (unpaired) electrons. The summed E-state index contributed by atoms with van der Waals surface area (Å²) in [6.07, 6.45) is -3.72. The molecule has 0 fully saturated rings. The zero-order valence-corrected chi connectivity index (χ0v) is 13.5. The highest BCUT2D eigenvalue weighted by molar-refractivity contribution is 7.19. The summed E-state index contributed by atoms with van der Waals surface area (Å²) in [6.45, 7) is 1.72. The summed E-state index contributed by atoms with van der Waals surface area (Å²) >= 11 is 1.92. The van der Waals surface area contributed by atoms with Crippen molar-refractivity contribution in [1.82, 2.24) is 4.98 Å². The van der Waals surface area contributed by atoms with Crippen LogP contribution in [0.15, 0.2) is 36.5 Å². The van der Waals surface area contributed by atoms with Crippen molar-refractivity contribution in [2.45, 2.75) is 19.0 Å². The number of alkyl halides is 3. The monoisotopic (exact) mass is 356 g/mol. The summed E-state index contributed by atoms with van der Waals surface area (Å²) in [5.74, 6) is -0.842. The van der Waals surface area contributed by atoms with Crippen molar-refractivity contribution in [3.05, 3.63) is 46.3 Å². The van der Waals surface area contributed by atoms with Crippen LogP contribution in [0.1, 0.15) is 22.6 Å². The van der Waals surface area contributed by atoms with E-state index in [-0.39, 0.29) is 11.0 Å². The zero-order valence-electron chi connectivity index (χ0n) is 11.8. The van der Waals surface area contributed by atoms with Crippen LogP contribution in [0.5, 0.6) is 0 Å². The number of aromatic nitrogens is 1. The van der Waals surface area contributed by atoms with Gasteiger partial charge in [-0.25, -0.2) is 4.98 Å². The van der Waals surface area contributed by atoms with E-state index in [1.807, 2.05) is 30.3 Å². The Balaban J connectivity index is 1.76. The molecule has 2 aromatic heterocycles. The van der Waals surface area contributed by atoms with Gasteiger partial charge in [-0.05, 0) is 24.4 Å². The molecule has 0 spiro atoms. The molecule has 3 rings (SSSR count). The molecular weight excluding hydrogens is 345 g/mol. The molecule has 0 bridgehead atoms. The summed E-state index contributed by atoms with van der Waals surface area (Å²) in [5, 5.41) is 3.45. The first-order valence-corrected chi connectivity index (χ1v) is 8.30. The van der Waals surface area contributed by atoms with Crippen molar-refractivity contribution in [3.63, 3.8) is 0 Å². The molecule has 2 heterocycles. The number of fused-ring (bicyclic) bond motifs is 1. The highest BCUT2D eigenvalue weighted by Gasteiger charge is 2.33. The molecule has 23 heavy (non-hydrogen) atoms. The first-order chi connectivity index (χ1) is 10.8. The standard InChI is InChI=1S/C15H11F3N2OS2/c1-8(11-6-9-4-2-3-5-10(9)22-11)13(21)20-14-19-7-12(23-14)15(16,17)18/h2-8H,1H3,(H,19,20,21). The maximum Gasteiger partial charge on any atom is 0.427 e. The van der Waals surface area contributed by atoms with E-state index in [9.17, 15) is 18.0 Å². The van der Waals surface area contributed by atoms with Crippen molar-refractivity contribution in [2.24, 2.45) is 0 Å². The Labute approximate surface area is 137 Å². The van der Waals surface area contributed by atoms with Gasteiger partial charge >= 0.3 is 6.18 Å². The quantitative estimate of drug-likeness (QED) is 0.708. The van der Waals surface area contributed by atoms with Gasteiger partial charge in [0.15, 0.2) is 5.13 Å². The molecule has 1 amide bonds. The summed E-state index contributed by atoms with van der Waals surface area (Å²) in [7, 11) is 0. The number of hydrogen-bond donors (Lipinski definition) is 1. The fourth-order valence-corrected chi connectivity index (χ4v) is 3.82. The molecule has 0 aliphatic heterocycles. The van der Waals surface area contributed by atoms with Gasteiger partial charge in [-0.15, -0.1) is 11.3 Å². The number of carbonyl (C=O) groups excluding carboxylic acids is 1. The molecule has 1 unspecified atom stereocenters. The van der Waals surface area contributed by atoms with E-state index in [1.165, 1.54) is 11.3 Å². The average molecular weight is 356 g/mol. The van der Waals surface area contributed by atoms with Crippen molar-refractivity contribution < 1.29 is 18.0 Å². The minimum atomic E-state index is -4.45. The van der Waals surface area contributed by atoms with E-state index in [1.54, 1.807) is 6.92 Å². The number of amides is 1. The van der Waals surface area contributed by atoms with Gasteiger partial charge in [0.1, 0.15) is 4.88 Å². The van der Waals surface area contributed by atoms with Crippen molar-refractivity contribution in [2.75, 3.05) is 5.32 Å². The second kappa shape index (κ2) is 5.93. The lowest BCUT2D eigenvalue weighted by atomic mass is 10.1. The number of thiazole rings is 1. The summed E-state index contributed by atoms with van der Waals surface area (Å²) in [4.78, 5) is 15.9. The van der Waals surface area contributed by atoms with Gasteiger partial charge in [-0.2, -0.15) is 13.2 Å².